The van der Waals surface area contributed by atoms with Crippen LogP contribution >= 0.6 is 34.7 Å². The number of hydrogen-bond acceptors (Lipinski definition) is 6. The molecule has 17 heavy (non-hydrogen) atoms. The average molecular weight is 284 g/mol. The Labute approximate surface area is 110 Å². The lowest BCUT2D eigenvalue weighted by Gasteiger charge is -1.92. The molecule has 0 atom stereocenters. The van der Waals surface area contributed by atoms with E-state index in [0.717, 1.165) is 14.6 Å². The van der Waals surface area contributed by atoms with E-state index in [1.54, 1.807) is 23.1 Å². The number of rotatable bonds is 2. The number of aryl methyl sites for hydroxylation is 1. The number of hydrogen-bond donors (Lipinski definition) is 0. The second-order valence-electron chi connectivity index (χ2n) is 3.25. The summed E-state index contributed by atoms with van der Waals surface area (Å²) in [6, 6.07) is 5.75. The lowest BCUT2D eigenvalue weighted by molar-refractivity contribution is 0.664. The zero-order chi connectivity index (χ0) is 11.8. The fourth-order valence-corrected chi connectivity index (χ4v) is 3.52. The monoisotopic (exact) mass is 283 g/mol. The van der Waals surface area contributed by atoms with Crippen molar-refractivity contribution in [1.82, 2.24) is 25.2 Å². The van der Waals surface area contributed by atoms with Gasteiger partial charge in [-0.25, -0.2) is 9.67 Å². The van der Waals surface area contributed by atoms with Crippen molar-refractivity contribution in [3.8, 4) is 0 Å². The third-order valence-corrected chi connectivity index (χ3v) is 4.52. The van der Waals surface area contributed by atoms with Crippen LogP contribution in [-0.4, -0.2) is 25.2 Å². The van der Waals surface area contributed by atoms with Crippen LogP contribution in [0.25, 0.3) is 10.2 Å². The number of fused-ring (bicyclic) bond motifs is 1. The molecular weight excluding hydrogens is 278 g/mol. The third-order valence-electron chi connectivity index (χ3n) is 2.11. The minimum absolute atomic E-state index is 0.668. The molecule has 0 fully saturated rings. The van der Waals surface area contributed by atoms with Crippen LogP contribution in [0.1, 0.15) is 0 Å². The van der Waals surface area contributed by atoms with E-state index < -0.39 is 0 Å². The van der Waals surface area contributed by atoms with Crippen LogP contribution in [-0.2, 0) is 7.05 Å². The van der Waals surface area contributed by atoms with Gasteiger partial charge in [-0.05, 0) is 34.3 Å². The SMILES string of the molecule is Cn1nnnc1Sc1nc2c(Cl)cccc2s1. The van der Waals surface area contributed by atoms with Crippen LogP contribution in [0.2, 0.25) is 5.02 Å². The van der Waals surface area contributed by atoms with Crippen LogP contribution in [0, 0.1) is 0 Å². The summed E-state index contributed by atoms with van der Waals surface area (Å²) in [6.07, 6.45) is 0. The van der Waals surface area contributed by atoms with E-state index in [2.05, 4.69) is 20.5 Å². The number of benzene rings is 1. The molecule has 1 aromatic carbocycles. The van der Waals surface area contributed by atoms with Gasteiger partial charge in [0.25, 0.3) is 0 Å². The molecule has 8 heteroatoms. The topological polar surface area (TPSA) is 56.5 Å². The van der Waals surface area contributed by atoms with E-state index >= 15 is 0 Å². The smallest absolute Gasteiger partial charge is 0.216 e. The van der Waals surface area contributed by atoms with Gasteiger partial charge in [0.15, 0.2) is 4.34 Å². The third kappa shape index (κ3) is 2.01. The first-order chi connectivity index (χ1) is 8.24. The maximum absolute atomic E-state index is 6.07. The summed E-state index contributed by atoms with van der Waals surface area (Å²) >= 11 is 9.08. The molecule has 2 heterocycles. The van der Waals surface area contributed by atoms with Gasteiger partial charge in [-0.2, -0.15) is 0 Å². The van der Waals surface area contributed by atoms with Gasteiger partial charge in [0.2, 0.25) is 5.16 Å². The zero-order valence-electron chi connectivity index (χ0n) is 8.66. The Hall–Kier alpha value is -1.18. The van der Waals surface area contributed by atoms with Gasteiger partial charge in [-0.15, -0.1) is 16.4 Å². The summed E-state index contributed by atoms with van der Waals surface area (Å²) in [5, 5.41) is 12.6. The Kier molecular flexibility index (Phi) is 2.73. The molecule has 2 aromatic heterocycles. The predicted molar refractivity (Wildman–Crippen MR) is 67.6 cm³/mol. The maximum Gasteiger partial charge on any atom is 0.216 e. The van der Waals surface area contributed by atoms with E-state index in [0.29, 0.717) is 10.2 Å². The molecule has 0 amide bonds. The van der Waals surface area contributed by atoms with Crippen LogP contribution in [0.15, 0.2) is 27.7 Å². The lowest BCUT2D eigenvalue weighted by atomic mass is 10.3. The minimum atomic E-state index is 0.668. The largest absolute Gasteiger partial charge is 0.228 e. The first kappa shape index (κ1) is 10.9. The summed E-state index contributed by atoms with van der Waals surface area (Å²) in [4.78, 5) is 4.47. The van der Waals surface area contributed by atoms with E-state index in [-0.39, 0.29) is 0 Å². The number of nitrogens with zero attached hydrogens (tertiary/aromatic N) is 5. The highest BCUT2D eigenvalue weighted by Crippen LogP contribution is 2.35. The van der Waals surface area contributed by atoms with Crippen molar-refractivity contribution >= 4 is 44.9 Å². The van der Waals surface area contributed by atoms with Gasteiger partial charge in [-0.1, -0.05) is 17.7 Å². The van der Waals surface area contributed by atoms with Gasteiger partial charge in [0, 0.05) is 7.05 Å². The van der Waals surface area contributed by atoms with Crippen molar-refractivity contribution < 1.29 is 0 Å². The first-order valence-corrected chi connectivity index (χ1v) is 6.70. The van der Waals surface area contributed by atoms with Gasteiger partial charge in [0.05, 0.1) is 9.72 Å². The number of halogens is 1. The molecule has 0 aliphatic carbocycles. The van der Waals surface area contributed by atoms with E-state index in [4.69, 9.17) is 11.6 Å². The number of thiazole rings is 1. The van der Waals surface area contributed by atoms with E-state index in [1.165, 1.54) is 11.8 Å². The number of aromatic nitrogens is 5. The first-order valence-electron chi connectivity index (χ1n) is 4.69. The number of tetrazole rings is 1. The summed E-state index contributed by atoms with van der Waals surface area (Å²) in [6.45, 7) is 0. The molecule has 0 aliphatic heterocycles. The Balaban J connectivity index is 2.02. The molecule has 86 valence electrons. The molecular formula is C9H6ClN5S2. The highest BCUT2D eigenvalue weighted by Gasteiger charge is 2.11. The standard InChI is InChI=1S/C9H6ClN5S2/c1-15-8(12-13-14-15)17-9-11-7-5(10)3-2-4-6(7)16-9/h2-4H,1H3. The Morgan fingerprint density at radius 3 is 3.00 bits per heavy atom. The van der Waals surface area contributed by atoms with Gasteiger partial charge in [-0.3, -0.25) is 0 Å². The molecule has 3 rings (SSSR count). The fraction of sp³-hybridized carbons (Fsp3) is 0.111. The van der Waals surface area contributed by atoms with E-state index in [9.17, 15) is 0 Å². The molecule has 0 saturated heterocycles. The van der Waals surface area contributed by atoms with Crippen molar-refractivity contribution in [2.45, 2.75) is 9.50 Å². The van der Waals surface area contributed by atoms with Crippen LogP contribution in [0.3, 0.4) is 0 Å². The molecule has 0 radical (unpaired) electrons. The normalized spacial score (nSPS) is 11.2. The van der Waals surface area contributed by atoms with Gasteiger partial charge >= 0.3 is 0 Å². The van der Waals surface area contributed by atoms with Crippen molar-refractivity contribution in [1.29, 1.82) is 0 Å². The minimum Gasteiger partial charge on any atom is -0.228 e. The van der Waals surface area contributed by atoms with Crippen molar-refractivity contribution in [3.63, 3.8) is 0 Å². The number of para-hydroxylation sites is 1. The fourth-order valence-electron chi connectivity index (χ4n) is 1.32. The molecule has 0 bridgehead atoms. The maximum atomic E-state index is 6.07. The van der Waals surface area contributed by atoms with Gasteiger partial charge < -0.3 is 0 Å². The Morgan fingerprint density at radius 2 is 2.29 bits per heavy atom. The second kappa shape index (κ2) is 4.25. The molecule has 0 aliphatic rings. The molecule has 0 saturated carbocycles. The van der Waals surface area contributed by atoms with Gasteiger partial charge in [0.1, 0.15) is 5.52 Å². The predicted octanol–water partition coefficient (Wildman–Crippen LogP) is 2.62. The summed E-state index contributed by atoms with van der Waals surface area (Å²) < 4.78 is 3.55. The van der Waals surface area contributed by atoms with Crippen molar-refractivity contribution in [2.75, 3.05) is 0 Å². The lowest BCUT2D eigenvalue weighted by Crippen LogP contribution is -1.92. The average Bonchev–Trinajstić information content (AvgIpc) is 2.87. The van der Waals surface area contributed by atoms with Crippen LogP contribution in [0.5, 0.6) is 0 Å². The molecule has 0 unspecified atom stereocenters. The second-order valence-corrected chi connectivity index (χ2v) is 5.91. The molecule has 0 spiro atoms. The molecule has 5 nitrogen and oxygen atoms in total. The molecule has 0 N–H and O–H groups in total. The quantitative estimate of drug-likeness (QED) is 0.724. The van der Waals surface area contributed by atoms with Crippen LogP contribution < -0.4 is 0 Å². The van der Waals surface area contributed by atoms with Crippen molar-refractivity contribution in [3.05, 3.63) is 23.2 Å². The van der Waals surface area contributed by atoms with E-state index in [1.807, 2.05) is 18.2 Å². The van der Waals surface area contributed by atoms with Crippen LogP contribution in [0.4, 0.5) is 0 Å². The Morgan fingerprint density at radius 1 is 1.41 bits per heavy atom. The summed E-state index contributed by atoms with van der Waals surface area (Å²) in [5.41, 5.74) is 0.830. The summed E-state index contributed by atoms with van der Waals surface area (Å²) in [7, 11) is 1.79. The highest BCUT2D eigenvalue weighted by molar-refractivity contribution is 8.01. The Bertz CT molecular complexity index is 677. The van der Waals surface area contributed by atoms with Crippen molar-refractivity contribution in [2.24, 2.45) is 7.05 Å². The highest BCUT2D eigenvalue weighted by atomic mass is 35.5. The zero-order valence-corrected chi connectivity index (χ0v) is 11.1. The molecule has 3 aromatic rings. The summed E-state index contributed by atoms with van der Waals surface area (Å²) in [5.74, 6) is 0.